The molecule has 1 aromatic heterocycles. The van der Waals surface area contributed by atoms with Crippen LogP contribution in [0.2, 0.25) is 0 Å². The molecule has 2 N–H and O–H groups in total. The van der Waals surface area contributed by atoms with Gasteiger partial charge in [-0.15, -0.1) is 5.11 Å². The van der Waals surface area contributed by atoms with E-state index < -0.39 is 0 Å². The van der Waals surface area contributed by atoms with E-state index in [9.17, 15) is 4.79 Å². The highest BCUT2D eigenvalue weighted by Crippen LogP contribution is 2.23. The molecule has 6 nitrogen and oxygen atoms in total. The van der Waals surface area contributed by atoms with E-state index in [1.807, 2.05) is 60.7 Å². The van der Waals surface area contributed by atoms with E-state index in [0.29, 0.717) is 11.5 Å². The first kappa shape index (κ1) is 17.7. The number of aromatic nitrogens is 2. The van der Waals surface area contributed by atoms with E-state index in [-0.39, 0.29) is 11.2 Å². The Morgan fingerprint density at radius 2 is 1.65 bits per heavy atom. The van der Waals surface area contributed by atoms with Crippen LogP contribution in [0.25, 0.3) is 5.69 Å². The molecule has 0 bridgehead atoms. The summed E-state index contributed by atoms with van der Waals surface area (Å²) in [5.41, 5.74) is 1.52. The number of nitrogens with one attached hydrogen (secondary N) is 2. The lowest BCUT2D eigenvalue weighted by Gasteiger charge is -2.04. The first-order chi connectivity index (χ1) is 12.8. The Morgan fingerprint density at radius 1 is 0.962 bits per heavy atom. The third-order valence-electron chi connectivity index (χ3n) is 3.98. The van der Waals surface area contributed by atoms with E-state index in [2.05, 4.69) is 27.6 Å². The SMILES string of the molecule is CCCCCNc1[nH]n(-c2ccccc2)c(=O)c1/N=N/c1ccccc1. The Balaban J connectivity index is 1.93. The number of nitrogens with zero attached hydrogens (tertiary/aromatic N) is 3. The van der Waals surface area contributed by atoms with Gasteiger partial charge in [-0.2, -0.15) is 5.11 Å². The highest BCUT2D eigenvalue weighted by atomic mass is 16.1. The number of hydrogen-bond donors (Lipinski definition) is 2. The minimum atomic E-state index is -0.228. The lowest BCUT2D eigenvalue weighted by Crippen LogP contribution is -2.13. The van der Waals surface area contributed by atoms with E-state index >= 15 is 0 Å². The maximum Gasteiger partial charge on any atom is 0.301 e. The van der Waals surface area contributed by atoms with E-state index in [1.54, 1.807) is 0 Å². The van der Waals surface area contributed by atoms with Gasteiger partial charge in [-0.25, -0.2) is 4.68 Å². The topological polar surface area (TPSA) is 74.5 Å². The number of aromatic amines is 1. The third kappa shape index (κ3) is 4.27. The molecule has 3 rings (SSSR count). The summed E-state index contributed by atoms with van der Waals surface area (Å²) in [6, 6.07) is 18.8. The van der Waals surface area contributed by atoms with Crippen LogP contribution in [0.15, 0.2) is 75.7 Å². The molecule has 2 aromatic carbocycles. The summed E-state index contributed by atoms with van der Waals surface area (Å²) in [4.78, 5) is 12.8. The number of H-pyrrole nitrogens is 1. The Hall–Kier alpha value is -3.15. The van der Waals surface area contributed by atoms with Crippen LogP contribution in [-0.4, -0.2) is 16.3 Å². The van der Waals surface area contributed by atoms with Crippen molar-refractivity contribution < 1.29 is 0 Å². The van der Waals surface area contributed by atoms with E-state index in [0.717, 1.165) is 31.5 Å². The standard InChI is InChI=1S/C20H23N5O/c1-2-3-10-15-21-19-18(23-22-16-11-6-4-7-12-16)20(26)25(24-19)17-13-8-5-9-14-17/h4-9,11-14,21,24H,2-3,10,15H2,1H3/b23-22+. The second-order valence-electron chi connectivity index (χ2n) is 5.98. The van der Waals surface area contributed by atoms with Crippen molar-refractivity contribution in [3.63, 3.8) is 0 Å². The number of azo groups is 1. The quantitative estimate of drug-likeness (QED) is 0.434. The van der Waals surface area contributed by atoms with Gasteiger partial charge in [0.25, 0.3) is 0 Å². The van der Waals surface area contributed by atoms with Gasteiger partial charge >= 0.3 is 5.56 Å². The largest absolute Gasteiger partial charge is 0.369 e. The summed E-state index contributed by atoms with van der Waals surface area (Å²) in [6.07, 6.45) is 3.31. The lowest BCUT2D eigenvalue weighted by atomic mass is 10.2. The maximum absolute atomic E-state index is 12.8. The lowest BCUT2D eigenvalue weighted by molar-refractivity contribution is 0.740. The molecule has 0 radical (unpaired) electrons. The van der Waals surface area contributed by atoms with E-state index in [4.69, 9.17) is 0 Å². The van der Waals surface area contributed by atoms with E-state index in [1.165, 1.54) is 4.68 Å². The monoisotopic (exact) mass is 349 g/mol. The molecule has 0 amide bonds. The molecule has 1 heterocycles. The molecule has 0 aliphatic heterocycles. The zero-order chi connectivity index (χ0) is 18.2. The van der Waals surface area contributed by atoms with Crippen molar-refractivity contribution in [1.29, 1.82) is 0 Å². The van der Waals surface area contributed by atoms with Crippen LogP contribution in [0.5, 0.6) is 0 Å². The van der Waals surface area contributed by atoms with Crippen molar-refractivity contribution in [2.75, 3.05) is 11.9 Å². The van der Waals surface area contributed by atoms with Crippen LogP contribution in [0.4, 0.5) is 17.2 Å². The number of anilines is 1. The van der Waals surface area contributed by atoms with Crippen LogP contribution in [-0.2, 0) is 0 Å². The molecule has 0 saturated carbocycles. The van der Waals surface area contributed by atoms with Crippen LogP contribution < -0.4 is 10.9 Å². The number of unbranched alkanes of at least 4 members (excludes halogenated alkanes) is 2. The molecule has 0 spiro atoms. The summed E-state index contributed by atoms with van der Waals surface area (Å²) >= 11 is 0. The predicted molar refractivity (Wildman–Crippen MR) is 105 cm³/mol. The summed E-state index contributed by atoms with van der Waals surface area (Å²) in [5, 5.41) is 14.8. The van der Waals surface area contributed by atoms with Crippen LogP contribution in [0, 0.1) is 0 Å². The van der Waals surface area contributed by atoms with Crippen molar-refractivity contribution in [3.8, 4) is 5.69 Å². The fourth-order valence-electron chi connectivity index (χ4n) is 2.59. The second kappa shape index (κ2) is 8.80. The average molecular weight is 349 g/mol. The minimum absolute atomic E-state index is 0.228. The predicted octanol–water partition coefficient (Wildman–Crippen LogP) is 5.18. The molecular weight excluding hydrogens is 326 g/mol. The molecule has 26 heavy (non-hydrogen) atoms. The van der Waals surface area contributed by atoms with Gasteiger partial charge < -0.3 is 5.32 Å². The van der Waals surface area contributed by atoms with Crippen LogP contribution in [0.1, 0.15) is 26.2 Å². The highest BCUT2D eigenvalue weighted by Gasteiger charge is 2.15. The number of rotatable bonds is 8. The fraction of sp³-hybridized carbons (Fsp3) is 0.250. The van der Waals surface area contributed by atoms with Gasteiger partial charge in [0.2, 0.25) is 0 Å². The maximum atomic E-state index is 12.8. The molecule has 0 atom stereocenters. The number of hydrogen-bond acceptors (Lipinski definition) is 4. The normalized spacial score (nSPS) is 11.1. The molecule has 0 fully saturated rings. The van der Waals surface area contributed by atoms with Gasteiger partial charge in [-0.05, 0) is 30.7 Å². The first-order valence-electron chi connectivity index (χ1n) is 8.90. The molecule has 0 aliphatic rings. The number of benzene rings is 2. The van der Waals surface area contributed by atoms with Crippen molar-refractivity contribution in [2.45, 2.75) is 26.2 Å². The summed E-state index contributed by atoms with van der Waals surface area (Å²) < 4.78 is 1.49. The highest BCUT2D eigenvalue weighted by molar-refractivity contribution is 5.60. The van der Waals surface area contributed by atoms with Gasteiger partial charge in [-0.3, -0.25) is 9.89 Å². The Morgan fingerprint density at radius 3 is 2.35 bits per heavy atom. The molecular formula is C20H23N5O. The Kier molecular flexibility index (Phi) is 5.98. The molecule has 0 unspecified atom stereocenters. The molecule has 0 aliphatic carbocycles. The van der Waals surface area contributed by atoms with Crippen molar-refractivity contribution >= 4 is 17.2 Å². The third-order valence-corrected chi connectivity index (χ3v) is 3.98. The van der Waals surface area contributed by atoms with Crippen LogP contribution in [0.3, 0.4) is 0 Å². The summed E-state index contributed by atoms with van der Waals surface area (Å²) in [6.45, 7) is 2.93. The summed E-state index contributed by atoms with van der Waals surface area (Å²) in [7, 11) is 0. The molecule has 6 heteroatoms. The molecule has 134 valence electrons. The average Bonchev–Trinajstić information content (AvgIpc) is 3.01. The van der Waals surface area contributed by atoms with Gasteiger partial charge in [0.15, 0.2) is 11.5 Å². The van der Waals surface area contributed by atoms with Crippen LogP contribution >= 0.6 is 0 Å². The Bertz CT molecular complexity index is 897. The first-order valence-corrected chi connectivity index (χ1v) is 8.90. The van der Waals surface area contributed by atoms with Crippen molar-refractivity contribution in [1.82, 2.24) is 9.78 Å². The van der Waals surface area contributed by atoms with Crippen molar-refractivity contribution in [2.24, 2.45) is 10.2 Å². The smallest absolute Gasteiger partial charge is 0.301 e. The van der Waals surface area contributed by atoms with Crippen molar-refractivity contribution in [3.05, 3.63) is 71.0 Å². The van der Waals surface area contributed by atoms with Gasteiger partial charge in [0.1, 0.15) is 0 Å². The molecule has 3 aromatic rings. The second-order valence-corrected chi connectivity index (χ2v) is 5.98. The zero-order valence-electron chi connectivity index (χ0n) is 14.9. The fourth-order valence-corrected chi connectivity index (χ4v) is 2.59. The Labute approximate surface area is 152 Å². The minimum Gasteiger partial charge on any atom is -0.369 e. The number of para-hydroxylation sites is 1. The van der Waals surface area contributed by atoms with Gasteiger partial charge in [-0.1, -0.05) is 56.2 Å². The summed E-state index contributed by atoms with van der Waals surface area (Å²) in [5.74, 6) is 0.592. The van der Waals surface area contributed by atoms with Gasteiger partial charge in [0, 0.05) is 6.54 Å². The van der Waals surface area contributed by atoms with Gasteiger partial charge in [0.05, 0.1) is 11.4 Å². The molecule has 0 saturated heterocycles. The zero-order valence-corrected chi connectivity index (χ0v) is 14.9.